The second kappa shape index (κ2) is 11.0. The van der Waals surface area contributed by atoms with Crippen molar-refractivity contribution in [2.45, 2.75) is 13.5 Å². The summed E-state index contributed by atoms with van der Waals surface area (Å²) in [4.78, 5) is 48.1. The average molecular weight is 563 g/mol. The van der Waals surface area contributed by atoms with Gasteiger partial charge in [-0.3, -0.25) is 23.3 Å². The van der Waals surface area contributed by atoms with E-state index in [4.69, 9.17) is 19.2 Å². The number of rotatable bonds is 7. The Morgan fingerprint density at radius 1 is 0.878 bits per heavy atom. The highest BCUT2D eigenvalue weighted by molar-refractivity contribution is 5.96. The molecule has 1 amide bonds. The molecule has 0 aliphatic carbocycles. The Morgan fingerprint density at radius 2 is 1.49 bits per heavy atom. The van der Waals surface area contributed by atoms with Crippen molar-refractivity contribution in [1.82, 2.24) is 23.6 Å². The van der Waals surface area contributed by atoms with E-state index in [0.29, 0.717) is 72.6 Å². The van der Waals surface area contributed by atoms with Crippen LogP contribution < -0.4 is 30.4 Å². The minimum Gasteiger partial charge on any atom is -0.493 e. The Morgan fingerprint density at radius 3 is 2.05 bits per heavy atom. The van der Waals surface area contributed by atoms with Gasteiger partial charge in [0.1, 0.15) is 0 Å². The Kier molecular flexibility index (Phi) is 7.48. The van der Waals surface area contributed by atoms with Gasteiger partial charge in [0.25, 0.3) is 11.5 Å². The molecule has 2 aromatic carbocycles. The van der Waals surface area contributed by atoms with Crippen LogP contribution in [-0.2, 0) is 20.6 Å². The molecule has 1 fully saturated rings. The number of anilines is 1. The summed E-state index contributed by atoms with van der Waals surface area (Å²) < 4.78 is 20.6. The molecule has 0 bridgehead atoms. The standard InChI is InChI=1S/C29H34N6O6/c1-18-7-9-19(10-8-18)17-35-23-25(31(2)29(38)32(3)27(23)37)30-28(35)34-13-11-33(12-14-34)26(36)20-15-21(39-4)24(41-6)22(16-20)40-5/h7-10,15-16H,11-14,17H2,1-6H3. The van der Waals surface area contributed by atoms with Crippen LogP contribution >= 0.6 is 0 Å². The maximum absolute atomic E-state index is 13.5. The molecule has 0 saturated carbocycles. The largest absolute Gasteiger partial charge is 0.493 e. The van der Waals surface area contributed by atoms with Gasteiger partial charge in [-0.15, -0.1) is 0 Å². The number of aromatic nitrogens is 4. The fourth-order valence-electron chi connectivity index (χ4n) is 5.20. The van der Waals surface area contributed by atoms with E-state index in [1.165, 1.54) is 32.9 Å². The van der Waals surface area contributed by atoms with E-state index >= 15 is 0 Å². The predicted octanol–water partition coefficient (Wildman–Crippen LogP) is 1.78. The first-order chi connectivity index (χ1) is 19.7. The minimum absolute atomic E-state index is 0.159. The number of carbonyl (C=O) groups excluding carboxylic acids is 1. The van der Waals surface area contributed by atoms with Crippen LogP contribution in [-0.4, -0.2) is 77.0 Å². The molecule has 2 aromatic heterocycles. The molecule has 0 spiro atoms. The Hall–Kier alpha value is -4.74. The molecule has 12 heteroatoms. The predicted molar refractivity (Wildman–Crippen MR) is 155 cm³/mol. The number of piperazine rings is 1. The molecule has 41 heavy (non-hydrogen) atoms. The fraction of sp³-hybridized carbons (Fsp3) is 0.379. The number of aryl methyl sites for hydroxylation is 2. The summed E-state index contributed by atoms with van der Waals surface area (Å²) in [5, 5.41) is 0. The molecule has 5 rings (SSSR count). The molecule has 1 aliphatic rings. The lowest BCUT2D eigenvalue weighted by Crippen LogP contribution is -2.49. The molecular formula is C29H34N6O6. The molecule has 12 nitrogen and oxygen atoms in total. The zero-order chi connectivity index (χ0) is 29.4. The number of nitrogens with zero attached hydrogens (tertiary/aromatic N) is 6. The van der Waals surface area contributed by atoms with Gasteiger partial charge >= 0.3 is 5.69 Å². The quantitative estimate of drug-likeness (QED) is 0.335. The molecule has 0 unspecified atom stereocenters. The first-order valence-corrected chi connectivity index (χ1v) is 13.2. The van der Waals surface area contributed by atoms with E-state index in [-0.39, 0.29) is 5.91 Å². The summed E-state index contributed by atoms with van der Waals surface area (Å²) in [5.41, 5.74) is 2.43. The van der Waals surface area contributed by atoms with Crippen molar-refractivity contribution in [3.05, 3.63) is 73.9 Å². The van der Waals surface area contributed by atoms with Crippen LogP contribution in [0.3, 0.4) is 0 Å². The first kappa shape index (κ1) is 27.8. The van der Waals surface area contributed by atoms with Gasteiger partial charge in [0.2, 0.25) is 11.7 Å². The summed E-state index contributed by atoms with van der Waals surface area (Å²) in [5.74, 6) is 1.66. The fourth-order valence-corrected chi connectivity index (χ4v) is 5.20. The zero-order valence-electron chi connectivity index (χ0n) is 24.1. The van der Waals surface area contributed by atoms with Crippen molar-refractivity contribution < 1.29 is 19.0 Å². The van der Waals surface area contributed by atoms with Crippen molar-refractivity contribution in [3.63, 3.8) is 0 Å². The second-order valence-corrected chi connectivity index (χ2v) is 10.1. The number of benzene rings is 2. The highest BCUT2D eigenvalue weighted by Gasteiger charge is 2.29. The second-order valence-electron chi connectivity index (χ2n) is 10.1. The van der Waals surface area contributed by atoms with Crippen LogP contribution in [0.1, 0.15) is 21.5 Å². The first-order valence-electron chi connectivity index (χ1n) is 13.2. The van der Waals surface area contributed by atoms with E-state index < -0.39 is 11.2 Å². The van der Waals surface area contributed by atoms with Crippen molar-refractivity contribution in [2.75, 3.05) is 52.4 Å². The smallest absolute Gasteiger partial charge is 0.332 e. The molecular weight excluding hydrogens is 528 g/mol. The maximum atomic E-state index is 13.5. The molecule has 216 valence electrons. The number of hydrogen-bond donors (Lipinski definition) is 0. The molecule has 1 aliphatic heterocycles. The molecule has 0 radical (unpaired) electrons. The topological polar surface area (TPSA) is 113 Å². The van der Waals surface area contributed by atoms with Crippen molar-refractivity contribution in [3.8, 4) is 17.2 Å². The number of fused-ring (bicyclic) bond motifs is 1. The van der Waals surface area contributed by atoms with Crippen LogP contribution in [0.5, 0.6) is 17.2 Å². The van der Waals surface area contributed by atoms with Gasteiger partial charge in [-0.1, -0.05) is 29.8 Å². The average Bonchev–Trinajstić information content (AvgIpc) is 3.38. The van der Waals surface area contributed by atoms with Crippen LogP contribution in [0.15, 0.2) is 46.0 Å². The van der Waals surface area contributed by atoms with Crippen molar-refractivity contribution in [2.24, 2.45) is 14.1 Å². The van der Waals surface area contributed by atoms with Gasteiger partial charge < -0.3 is 24.0 Å². The highest BCUT2D eigenvalue weighted by atomic mass is 16.5. The van der Waals surface area contributed by atoms with E-state index in [9.17, 15) is 14.4 Å². The van der Waals surface area contributed by atoms with Crippen LogP contribution in [0, 0.1) is 6.92 Å². The van der Waals surface area contributed by atoms with Crippen molar-refractivity contribution >= 4 is 23.0 Å². The van der Waals surface area contributed by atoms with Gasteiger partial charge in [0.15, 0.2) is 22.7 Å². The molecule has 1 saturated heterocycles. The lowest BCUT2D eigenvalue weighted by atomic mass is 10.1. The number of carbonyl (C=O) groups is 1. The van der Waals surface area contributed by atoms with Gasteiger partial charge in [0, 0.05) is 45.8 Å². The van der Waals surface area contributed by atoms with Crippen LogP contribution in [0.2, 0.25) is 0 Å². The van der Waals surface area contributed by atoms with E-state index in [1.807, 2.05) is 35.8 Å². The monoisotopic (exact) mass is 562 g/mol. The van der Waals surface area contributed by atoms with E-state index in [2.05, 4.69) is 4.90 Å². The lowest BCUT2D eigenvalue weighted by molar-refractivity contribution is 0.0745. The summed E-state index contributed by atoms with van der Waals surface area (Å²) in [6, 6.07) is 11.4. The number of methoxy groups -OCH3 is 3. The van der Waals surface area contributed by atoms with Crippen LogP contribution in [0.4, 0.5) is 5.95 Å². The number of hydrogen-bond acceptors (Lipinski definition) is 8. The third-order valence-electron chi connectivity index (χ3n) is 7.55. The summed E-state index contributed by atoms with van der Waals surface area (Å²) in [6.45, 7) is 4.26. The van der Waals surface area contributed by atoms with Crippen LogP contribution in [0.25, 0.3) is 11.2 Å². The normalized spacial score (nSPS) is 13.5. The van der Waals surface area contributed by atoms with Gasteiger partial charge in [-0.2, -0.15) is 4.98 Å². The Balaban J connectivity index is 1.47. The molecule has 0 N–H and O–H groups in total. The third-order valence-corrected chi connectivity index (χ3v) is 7.55. The SMILES string of the molecule is COc1cc(C(=O)N2CCN(c3nc4c(c(=O)n(C)c(=O)n4C)n3Cc3ccc(C)cc3)CC2)cc(OC)c1OC. The highest BCUT2D eigenvalue weighted by Crippen LogP contribution is 2.38. The Labute approximate surface area is 236 Å². The van der Waals surface area contributed by atoms with E-state index in [1.54, 1.807) is 24.1 Å². The third kappa shape index (κ3) is 4.90. The molecule has 0 atom stereocenters. The Bertz CT molecular complexity index is 1700. The molecule has 3 heterocycles. The number of ether oxygens (including phenoxy) is 3. The summed E-state index contributed by atoms with van der Waals surface area (Å²) >= 11 is 0. The van der Waals surface area contributed by atoms with Gasteiger partial charge in [-0.25, -0.2) is 4.79 Å². The maximum Gasteiger partial charge on any atom is 0.332 e. The summed E-state index contributed by atoms with van der Waals surface area (Å²) in [6.07, 6.45) is 0. The number of amides is 1. The summed E-state index contributed by atoms with van der Waals surface area (Å²) in [7, 11) is 7.62. The molecule has 4 aromatic rings. The zero-order valence-corrected chi connectivity index (χ0v) is 24.1. The minimum atomic E-state index is -0.435. The van der Waals surface area contributed by atoms with Crippen molar-refractivity contribution in [1.29, 1.82) is 0 Å². The van der Waals surface area contributed by atoms with Gasteiger partial charge in [0.05, 0.1) is 27.9 Å². The van der Waals surface area contributed by atoms with E-state index in [0.717, 1.165) is 15.7 Å². The van der Waals surface area contributed by atoms with Gasteiger partial charge in [-0.05, 0) is 24.6 Å². The lowest BCUT2D eigenvalue weighted by Gasteiger charge is -2.35. The number of imidazole rings is 1.